The molecule has 0 spiro atoms. The van der Waals surface area contributed by atoms with Gasteiger partial charge >= 0.3 is 0 Å². The third-order valence-corrected chi connectivity index (χ3v) is 4.35. The number of aliphatic hydroxyl groups excluding tert-OH is 1. The number of benzene rings is 1. The van der Waals surface area contributed by atoms with Gasteiger partial charge in [-0.05, 0) is 39.3 Å². The average molecular weight is 292 g/mol. The van der Waals surface area contributed by atoms with Crippen molar-refractivity contribution in [1.82, 2.24) is 5.32 Å². The van der Waals surface area contributed by atoms with Gasteiger partial charge < -0.3 is 16.2 Å². The molecular weight excluding hydrogens is 272 g/mol. The first-order chi connectivity index (χ1) is 9.38. The summed E-state index contributed by atoms with van der Waals surface area (Å²) in [4.78, 5) is 12.8. The molecule has 2 rings (SSSR count). The maximum Gasteiger partial charge on any atom is 0.263 e. The maximum atomic E-state index is 12.2. The molecule has 2 unspecified atom stereocenters. The largest absolute Gasteiger partial charge is 0.397 e. The number of nitrogen functional groups attached to an aromatic ring is 1. The molecule has 2 aromatic rings. The lowest BCUT2D eigenvalue weighted by atomic mass is 10.1. The number of anilines is 1. The zero-order valence-corrected chi connectivity index (χ0v) is 12.8. The highest BCUT2D eigenvalue weighted by atomic mass is 32.1. The Morgan fingerprint density at radius 3 is 2.80 bits per heavy atom. The van der Waals surface area contributed by atoms with E-state index in [9.17, 15) is 9.90 Å². The smallest absolute Gasteiger partial charge is 0.263 e. The van der Waals surface area contributed by atoms with E-state index in [4.69, 9.17) is 5.73 Å². The van der Waals surface area contributed by atoms with Crippen molar-refractivity contribution in [3.63, 3.8) is 0 Å². The quantitative estimate of drug-likeness (QED) is 0.811. The van der Waals surface area contributed by atoms with Gasteiger partial charge in [0.25, 0.3) is 5.91 Å². The van der Waals surface area contributed by atoms with Crippen molar-refractivity contribution in [1.29, 1.82) is 0 Å². The van der Waals surface area contributed by atoms with Crippen molar-refractivity contribution < 1.29 is 9.90 Å². The molecule has 1 aromatic carbocycles. The summed E-state index contributed by atoms with van der Waals surface area (Å²) in [6, 6.07) is 5.91. The Hall–Kier alpha value is -1.59. The third-order valence-electron chi connectivity index (χ3n) is 3.16. The number of nitrogens with two attached hydrogens (primary N) is 1. The highest BCUT2D eigenvalue weighted by Gasteiger charge is 2.18. The number of hydrogen-bond donors (Lipinski definition) is 3. The van der Waals surface area contributed by atoms with Crippen molar-refractivity contribution in [2.45, 2.75) is 39.3 Å². The van der Waals surface area contributed by atoms with E-state index < -0.39 is 6.10 Å². The van der Waals surface area contributed by atoms with Gasteiger partial charge in [0.2, 0.25) is 0 Å². The van der Waals surface area contributed by atoms with Crippen LogP contribution in [0.1, 0.15) is 35.5 Å². The van der Waals surface area contributed by atoms with Gasteiger partial charge in [0.15, 0.2) is 0 Å². The lowest BCUT2D eigenvalue weighted by molar-refractivity contribution is 0.0928. The summed E-state index contributed by atoms with van der Waals surface area (Å²) in [7, 11) is 0. The number of rotatable bonds is 4. The first-order valence-corrected chi connectivity index (χ1v) is 7.47. The predicted octanol–water partition coefficient (Wildman–Crippen LogP) is 2.68. The Bertz CT molecular complexity index is 634. The molecule has 5 heteroatoms. The van der Waals surface area contributed by atoms with Crippen LogP contribution in [0.4, 0.5) is 5.69 Å². The summed E-state index contributed by atoms with van der Waals surface area (Å²) >= 11 is 1.40. The highest BCUT2D eigenvalue weighted by Crippen LogP contribution is 2.34. The molecule has 1 heterocycles. The third kappa shape index (κ3) is 3.11. The molecule has 1 aromatic heterocycles. The van der Waals surface area contributed by atoms with Crippen LogP contribution >= 0.6 is 11.3 Å². The molecule has 4 N–H and O–H groups in total. The number of hydrogen-bond acceptors (Lipinski definition) is 4. The van der Waals surface area contributed by atoms with Gasteiger partial charge in [-0.3, -0.25) is 4.79 Å². The Balaban J connectivity index is 2.24. The van der Waals surface area contributed by atoms with Crippen LogP contribution in [0.5, 0.6) is 0 Å². The number of carbonyl (C=O) groups is 1. The predicted molar refractivity (Wildman–Crippen MR) is 84.2 cm³/mol. The average Bonchev–Trinajstić information content (AvgIpc) is 2.65. The van der Waals surface area contributed by atoms with Crippen LogP contribution in [-0.2, 0) is 0 Å². The van der Waals surface area contributed by atoms with Gasteiger partial charge in [0.1, 0.15) is 4.88 Å². The van der Waals surface area contributed by atoms with E-state index in [2.05, 4.69) is 5.32 Å². The van der Waals surface area contributed by atoms with Gasteiger partial charge in [-0.25, -0.2) is 0 Å². The summed E-state index contributed by atoms with van der Waals surface area (Å²) < 4.78 is 1.02. The van der Waals surface area contributed by atoms with E-state index in [1.807, 2.05) is 32.0 Å². The van der Waals surface area contributed by atoms with Crippen molar-refractivity contribution in [3.8, 4) is 0 Å². The number of aliphatic hydroxyl groups is 1. The topological polar surface area (TPSA) is 75.3 Å². The van der Waals surface area contributed by atoms with Crippen LogP contribution in [0.3, 0.4) is 0 Å². The fourth-order valence-electron chi connectivity index (χ4n) is 2.26. The number of amides is 1. The van der Waals surface area contributed by atoms with Gasteiger partial charge in [-0.15, -0.1) is 11.3 Å². The summed E-state index contributed by atoms with van der Waals surface area (Å²) in [5.41, 5.74) is 7.75. The van der Waals surface area contributed by atoms with Crippen molar-refractivity contribution >= 4 is 33.0 Å². The van der Waals surface area contributed by atoms with E-state index in [0.717, 1.165) is 15.6 Å². The molecule has 108 valence electrons. The summed E-state index contributed by atoms with van der Waals surface area (Å²) in [5.74, 6) is -0.172. The molecule has 0 aliphatic heterocycles. The van der Waals surface area contributed by atoms with Crippen LogP contribution in [0.2, 0.25) is 0 Å². The molecule has 1 amide bonds. The van der Waals surface area contributed by atoms with E-state index in [1.165, 1.54) is 11.3 Å². The second kappa shape index (κ2) is 5.81. The first-order valence-electron chi connectivity index (χ1n) is 6.66. The van der Waals surface area contributed by atoms with Crippen molar-refractivity contribution in [3.05, 3.63) is 28.6 Å². The minimum atomic E-state index is -0.437. The van der Waals surface area contributed by atoms with Crippen molar-refractivity contribution in [2.75, 3.05) is 5.73 Å². The van der Waals surface area contributed by atoms with Crippen LogP contribution < -0.4 is 11.1 Å². The molecular formula is C15H20N2O2S. The van der Waals surface area contributed by atoms with E-state index in [0.29, 0.717) is 17.0 Å². The standard InChI is InChI=1S/C15H20N2O2S/c1-8-4-5-12-11(6-8)13(16)14(20-12)15(19)17-9(2)7-10(3)18/h4-6,9-10,18H,7,16H2,1-3H3,(H,17,19). The fraction of sp³-hybridized carbons (Fsp3) is 0.400. The van der Waals surface area contributed by atoms with Gasteiger partial charge in [0.05, 0.1) is 11.8 Å². The number of nitrogens with one attached hydrogen (secondary N) is 1. The van der Waals surface area contributed by atoms with Gasteiger partial charge in [0, 0.05) is 16.1 Å². The first kappa shape index (κ1) is 14.8. The van der Waals surface area contributed by atoms with Crippen LogP contribution in [0.25, 0.3) is 10.1 Å². The van der Waals surface area contributed by atoms with Crippen LogP contribution in [0, 0.1) is 6.92 Å². The van der Waals surface area contributed by atoms with Crippen molar-refractivity contribution in [2.24, 2.45) is 0 Å². The molecule has 0 saturated heterocycles. The molecule has 0 saturated carbocycles. The highest BCUT2D eigenvalue weighted by molar-refractivity contribution is 7.21. The lowest BCUT2D eigenvalue weighted by Crippen LogP contribution is -2.34. The number of aryl methyl sites for hydroxylation is 1. The summed E-state index contributed by atoms with van der Waals surface area (Å²) in [6.07, 6.45) is 0.0861. The minimum absolute atomic E-state index is 0.0890. The SMILES string of the molecule is Cc1ccc2sc(C(=O)NC(C)CC(C)O)c(N)c2c1. The molecule has 2 atom stereocenters. The van der Waals surface area contributed by atoms with Crippen LogP contribution in [-0.4, -0.2) is 23.2 Å². The number of carbonyl (C=O) groups excluding carboxylic acids is 1. The fourth-order valence-corrected chi connectivity index (χ4v) is 3.27. The van der Waals surface area contributed by atoms with E-state index in [1.54, 1.807) is 6.92 Å². The minimum Gasteiger partial charge on any atom is -0.397 e. The molecule has 0 bridgehead atoms. The van der Waals surface area contributed by atoms with E-state index >= 15 is 0 Å². The number of fused-ring (bicyclic) bond motifs is 1. The Kier molecular flexibility index (Phi) is 4.30. The van der Waals surface area contributed by atoms with Gasteiger partial charge in [-0.2, -0.15) is 0 Å². The normalized spacial score (nSPS) is 14.2. The summed E-state index contributed by atoms with van der Waals surface area (Å²) in [5, 5.41) is 13.1. The second-order valence-corrected chi connectivity index (χ2v) is 6.36. The lowest BCUT2D eigenvalue weighted by Gasteiger charge is -2.14. The molecule has 4 nitrogen and oxygen atoms in total. The molecule has 0 radical (unpaired) electrons. The van der Waals surface area contributed by atoms with Crippen LogP contribution in [0.15, 0.2) is 18.2 Å². The molecule has 0 fully saturated rings. The number of thiophene rings is 1. The monoisotopic (exact) mass is 292 g/mol. The zero-order valence-electron chi connectivity index (χ0n) is 11.9. The summed E-state index contributed by atoms with van der Waals surface area (Å²) in [6.45, 7) is 5.58. The van der Waals surface area contributed by atoms with Gasteiger partial charge in [-0.1, -0.05) is 11.6 Å². The van der Waals surface area contributed by atoms with E-state index in [-0.39, 0.29) is 11.9 Å². The second-order valence-electron chi connectivity index (χ2n) is 5.30. The maximum absolute atomic E-state index is 12.2. The molecule has 20 heavy (non-hydrogen) atoms. The molecule has 0 aliphatic rings. The Morgan fingerprint density at radius 2 is 2.15 bits per heavy atom. The Morgan fingerprint density at radius 1 is 1.45 bits per heavy atom. The zero-order chi connectivity index (χ0) is 14.9. The molecule has 0 aliphatic carbocycles. The Labute approximate surface area is 122 Å².